The molecule has 2 fully saturated rings. The Balaban J connectivity index is 1.42. The van der Waals surface area contributed by atoms with E-state index in [9.17, 15) is 9.59 Å². The fourth-order valence-corrected chi connectivity index (χ4v) is 5.12. The van der Waals surface area contributed by atoms with Crippen LogP contribution in [0.5, 0.6) is 0 Å². The summed E-state index contributed by atoms with van der Waals surface area (Å²) in [5.74, 6) is 0.0464. The summed E-state index contributed by atoms with van der Waals surface area (Å²) in [6, 6.07) is 12.5. The maximum Gasteiger partial charge on any atom is 0.255 e. The topological polar surface area (TPSA) is 85.7 Å². The summed E-state index contributed by atoms with van der Waals surface area (Å²) in [5.41, 5.74) is 3.50. The lowest BCUT2D eigenvalue weighted by molar-refractivity contribution is -0.143. The predicted octanol–water partition coefficient (Wildman–Crippen LogP) is 4.23. The van der Waals surface area contributed by atoms with Gasteiger partial charge in [0.25, 0.3) is 5.91 Å². The molecule has 2 aliphatic heterocycles. The molecule has 7 nitrogen and oxygen atoms in total. The monoisotopic (exact) mass is 494 g/mol. The van der Waals surface area contributed by atoms with Crippen LogP contribution in [0.15, 0.2) is 36.4 Å². The van der Waals surface area contributed by atoms with Crippen molar-refractivity contribution in [2.45, 2.75) is 39.3 Å². The van der Waals surface area contributed by atoms with E-state index in [0.29, 0.717) is 48.1 Å². The number of ether oxygens (including phenoxy) is 1. The molecule has 2 aromatic carbocycles. The Morgan fingerprint density at radius 3 is 2.69 bits per heavy atom. The van der Waals surface area contributed by atoms with Crippen LogP contribution in [-0.2, 0) is 16.1 Å². The van der Waals surface area contributed by atoms with Crippen LogP contribution in [-0.4, -0.2) is 60.5 Å². The minimum Gasteiger partial charge on any atom is -0.381 e. The number of nitriles is 1. The molecule has 2 amide bonds. The van der Waals surface area contributed by atoms with E-state index in [-0.39, 0.29) is 23.8 Å². The number of amides is 2. The van der Waals surface area contributed by atoms with Crippen LogP contribution in [0.2, 0.25) is 5.02 Å². The molecule has 1 atom stereocenters. The van der Waals surface area contributed by atoms with Crippen LogP contribution >= 0.6 is 11.6 Å². The molecule has 0 aromatic heterocycles. The van der Waals surface area contributed by atoms with Crippen LogP contribution in [0.1, 0.15) is 46.8 Å². The lowest BCUT2D eigenvalue weighted by Gasteiger charge is -2.42. The number of piperazine rings is 1. The molecule has 1 N–H and O–H groups in total. The van der Waals surface area contributed by atoms with Gasteiger partial charge in [0.1, 0.15) is 0 Å². The second-order valence-electron chi connectivity index (χ2n) is 9.39. The molecular formula is C27H31ClN4O3. The van der Waals surface area contributed by atoms with Gasteiger partial charge in [-0.3, -0.25) is 14.5 Å². The van der Waals surface area contributed by atoms with Crippen molar-refractivity contribution < 1.29 is 14.3 Å². The molecule has 0 aliphatic carbocycles. The van der Waals surface area contributed by atoms with Crippen molar-refractivity contribution in [1.82, 2.24) is 9.80 Å². The van der Waals surface area contributed by atoms with E-state index in [1.165, 1.54) is 0 Å². The summed E-state index contributed by atoms with van der Waals surface area (Å²) in [4.78, 5) is 30.2. The third-order valence-electron chi connectivity index (χ3n) is 6.94. The zero-order valence-electron chi connectivity index (χ0n) is 20.2. The van der Waals surface area contributed by atoms with Gasteiger partial charge in [-0.1, -0.05) is 17.7 Å². The number of halogens is 1. The molecule has 35 heavy (non-hydrogen) atoms. The minimum absolute atomic E-state index is 0.0768. The summed E-state index contributed by atoms with van der Waals surface area (Å²) >= 11 is 6.42. The quantitative estimate of drug-likeness (QED) is 0.672. The van der Waals surface area contributed by atoms with E-state index in [2.05, 4.69) is 23.2 Å². The Labute approximate surface area is 211 Å². The summed E-state index contributed by atoms with van der Waals surface area (Å²) < 4.78 is 5.41. The number of carbonyl (C=O) groups excluding carboxylic acids is 2. The standard InChI is InChI=1S/C27H31ClN4O3/c1-18-16-31(8-9-32(18)27(34)21-6-10-35-11-7-21)17-23-13-24(28)14-25(19(23)2)30-26(33)22-5-3-4-20(12-22)15-29/h3-5,12-14,18,21H,6-11,16-17H2,1-2H3,(H,30,33)/t18-/m0/s1. The predicted molar refractivity (Wildman–Crippen MR) is 135 cm³/mol. The molecule has 0 unspecified atom stereocenters. The number of rotatable bonds is 5. The lowest BCUT2D eigenvalue weighted by Crippen LogP contribution is -2.55. The van der Waals surface area contributed by atoms with Crippen molar-refractivity contribution in [3.8, 4) is 6.07 Å². The number of carbonyl (C=O) groups is 2. The van der Waals surface area contributed by atoms with Gasteiger partial charge in [0.2, 0.25) is 5.91 Å². The molecule has 0 radical (unpaired) electrons. The smallest absolute Gasteiger partial charge is 0.255 e. The largest absolute Gasteiger partial charge is 0.381 e. The highest BCUT2D eigenvalue weighted by molar-refractivity contribution is 6.31. The van der Waals surface area contributed by atoms with Gasteiger partial charge in [-0.15, -0.1) is 0 Å². The van der Waals surface area contributed by atoms with Crippen LogP contribution < -0.4 is 5.32 Å². The van der Waals surface area contributed by atoms with E-state index in [0.717, 1.165) is 37.1 Å². The van der Waals surface area contributed by atoms with E-state index in [4.69, 9.17) is 21.6 Å². The molecule has 2 saturated heterocycles. The average molecular weight is 495 g/mol. The maximum atomic E-state index is 13.0. The number of benzene rings is 2. The molecule has 0 saturated carbocycles. The second-order valence-corrected chi connectivity index (χ2v) is 9.82. The summed E-state index contributed by atoms with van der Waals surface area (Å²) in [7, 11) is 0. The first-order valence-electron chi connectivity index (χ1n) is 12.1. The number of nitrogens with one attached hydrogen (secondary N) is 1. The van der Waals surface area contributed by atoms with Gasteiger partial charge < -0.3 is 15.0 Å². The summed E-state index contributed by atoms with van der Waals surface area (Å²) in [6.45, 7) is 8.37. The van der Waals surface area contributed by atoms with Crippen molar-refractivity contribution in [2.24, 2.45) is 5.92 Å². The minimum atomic E-state index is -0.285. The van der Waals surface area contributed by atoms with Gasteiger partial charge in [-0.05, 0) is 68.1 Å². The SMILES string of the molecule is Cc1c(CN2CCN(C(=O)C3CCOCC3)[C@@H](C)C2)cc(Cl)cc1NC(=O)c1cccc(C#N)c1. The Morgan fingerprint density at radius 2 is 1.97 bits per heavy atom. The van der Waals surface area contributed by atoms with Gasteiger partial charge in [-0.2, -0.15) is 5.26 Å². The van der Waals surface area contributed by atoms with Gasteiger partial charge in [0, 0.05) is 67.6 Å². The number of nitrogens with zero attached hydrogens (tertiary/aromatic N) is 3. The fourth-order valence-electron chi connectivity index (χ4n) is 4.88. The summed E-state index contributed by atoms with van der Waals surface area (Å²) in [6.07, 6.45) is 1.62. The van der Waals surface area contributed by atoms with Crippen molar-refractivity contribution in [3.05, 3.63) is 63.7 Å². The molecule has 8 heteroatoms. The highest BCUT2D eigenvalue weighted by Crippen LogP contribution is 2.28. The van der Waals surface area contributed by atoms with E-state index < -0.39 is 0 Å². The first-order valence-corrected chi connectivity index (χ1v) is 12.4. The van der Waals surface area contributed by atoms with Crippen LogP contribution in [0, 0.1) is 24.2 Å². The van der Waals surface area contributed by atoms with Gasteiger partial charge in [0.05, 0.1) is 11.6 Å². The van der Waals surface area contributed by atoms with Crippen molar-refractivity contribution in [1.29, 1.82) is 5.26 Å². The molecular weight excluding hydrogens is 464 g/mol. The van der Waals surface area contributed by atoms with E-state index >= 15 is 0 Å². The highest BCUT2D eigenvalue weighted by atomic mass is 35.5. The van der Waals surface area contributed by atoms with Gasteiger partial charge >= 0.3 is 0 Å². The average Bonchev–Trinajstić information content (AvgIpc) is 2.87. The van der Waals surface area contributed by atoms with E-state index in [1.54, 1.807) is 30.3 Å². The van der Waals surface area contributed by atoms with Crippen molar-refractivity contribution >= 4 is 29.1 Å². The Morgan fingerprint density at radius 1 is 1.20 bits per heavy atom. The zero-order chi connectivity index (χ0) is 24.9. The first-order chi connectivity index (χ1) is 16.9. The molecule has 0 spiro atoms. The van der Waals surface area contributed by atoms with Crippen LogP contribution in [0.25, 0.3) is 0 Å². The molecule has 0 bridgehead atoms. The fraction of sp³-hybridized carbons (Fsp3) is 0.444. The van der Waals surface area contributed by atoms with Gasteiger partial charge in [-0.25, -0.2) is 0 Å². The molecule has 2 heterocycles. The van der Waals surface area contributed by atoms with Crippen LogP contribution in [0.4, 0.5) is 5.69 Å². The number of anilines is 1. The summed E-state index contributed by atoms with van der Waals surface area (Å²) in [5, 5.41) is 12.6. The highest BCUT2D eigenvalue weighted by Gasteiger charge is 2.32. The molecule has 2 aromatic rings. The maximum absolute atomic E-state index is 13.0. The molecule has 2 aliphatic rings. The number of hydrogen-bond acceptors (Lipinski definition) is 5. The van der Waals surface area contributed by atoms with Crippen molar-refractivity contribution in [2.75, 3.05) is 38.2 Å². The third kappa shape index (κ3) is 6.02. The zero-order valence-corrected chi connectivity index (χ0v) is 21.0. The molecule has 184 valence electrons. The number of hydrogen-bond donors (Lipinski definition) is 1. The van der Waals surface area contributed by atoms with Crippen LogP contribution in [0.3, 0.4) is 0 Å². The van der Waals surface area contributed by atoms with E-state index in [1.807, 2.05) is 17.9 Å². The van der Waals surface area contributed by atoms with Gasteiger partial charge in [0.15, 0.2) is 0 Å². The second kappa shape index (κ2) is 11.2. The van der Waals surface area contributed by atoms with Crippen molar-refractivity contribution in [3.63, 3.8) is 0 Å². The Bertz CT molecular complexity index is 1140. The Hall–Kier alpha value is -2.92. The lowest BCUT2D eigenvalue weighted by atomic mass is 9.97. The molecule has 4 rings (SSSR count). The Kier molecular flexibility index (Phi) is 8.07. The normalized spacial score (nSPS) is 19.3. The first kappa shape index (κ1) is 25.2. The third-order valence-corrected chi connectivity index (χ3v) is 7.16.